The Morgan fingerprint density at radius 2 is 1.88 bits per heavy atom. The summed E-state index contributed by atoms with van der Waals surface area (Å²) in [6.45, 7) is 8.47. The molecule has 4 heteroatoms. The van der Waals surface area contributed by atoms with Crippen LogP contribution < -0.4 is 5.32 Å². The molecular formula is C12H24ClNO2. The molecule has 1 aliphatic rings. The van der Waals surface area contributed by atoms with Crippen LogP contribution in [0.15, 0.2) is 0 Å². The maximum Gasteiger partial charge on any atom is 0.311 e. The Balaban J connectivity index is 0.00000225. The van der Waals surface area contributed by atoms with Gasteiger partial charge < -0.3 is 10.1 Å². The molecule has 1 N–H and O–H groups in total. The van der Waals surface area contributed by atoms with E-state index in [1.807, 2.05) is 20.8 Å². The van der Waals surface area contributed by atoms with E-state index in [4.69, 9.17) is 4.74 Å². The van der Waals surface area contributed by atoms with Gasteiger partial charge in [-0.1, -0.05) is 0 Å². The highest BCUT2D eigenvalue weighted by molar-refractivity contribution is 5.85. The number of halogens is 1. The van der Waals surface area contributed by atoms with Crippen molar-refractivity contribution >= 4 is 18.4 Å². The van der Waals surface area contributed by atoms with Gasteiger partial charge in [0.15, 0.2) is 0 Å². The molecule has 0 aromatic rings. The van der Waals surface area contributed by atoms with E-state index >= 15 is 0 Å². The normalized spacial score (nSPS) is 17.7. The lowest BCUT2D eigenvalue weighted by Gasteiger charge is -2.23. The highest BCUT2D eigenvalue weighted by Gasteiger charge is 2.23. The topological polar surface area (TPSA) is 38.3 Å². The molecule has 1 aliphatic heterocycles. The fourth-order valence-electron chi connectivity index (χ4n) is 1.71. The van der Waals surface area contributed by atoms with Gasteiger partial charge in [-0.25, -0.2) is 0 Å². The van der Waals surface area contributed by atoms with Gasteiger partial charge in [0.2, 0.25) is 0 Å². The van der Waals surface area contributed by atoms with Gasteiger partial charge in [0.05, 0.1) is 12.0 Å². The fraction of sp³-hybridized carbons (Fsp3) is 0.917. The van der Waals surface area contributed by atoms with Crippen LogP contribution in [0, 0.1) is 11.3 Å². The fourth-order valence-corrected chi connectivity index (χ4v) is 1.71. The lowest BCUT2D eigenvalue weighted by Crippen LogP contribution is -2.29. The summed E-state index contributed by atoms with van der Waals surface area (Å²) in [4.78, 5) is 11.5. The summed E-state index contributed by atoms with van der Waals surface area (Å²) >= 11 is 0. The number of nitrogens with one attached hydrogen (secondary N) is 1. The predicted molar refractivity (Wildman–Crippen MR) is 67.9 cm³/mol. The number of rotatable bonds is 3. The van der Waals surface area contributed by atoms with Gasteiger partial charge in [0.1, 0.15) is 0 Å². The molecule has 0 aromatic heterocycles. The Labute approximate surface area is 105 Å². The number of hydrogen-bond donors (Lipinski definition) is 1. The molecule has 0 spiro atoms. The molecule has 0 atom stereocenters. The number of carbonyl (C=O) groups excluding carboxylic acids is 1. The summed E-state index contributed by atoms with van der Waals surface area (Å²) in [7, 11) is 0. The van der Waals surface area contributed by atoms with E-state index in [1.54, 1.807) is 0 Å². The van der Waals surface area contributed by atoms with Crippen LogP contribution in [-0.4, -0.2) is 25.7 Å². The third-order valence-electron chi connectivity index (χ3n) is 2.83. The smallest absolute Gasteiger partial charge is 0.311 e. The van der Waals surface area contributed by atoms with E-state index in [0.717, 1.165) is 25.4 Å². The lowest BCUT2D eigenvalue weighted by atomic mass is 9.95. The molecule has 0 radical (unpaired) electrons. The molecule has 0 aromatic carbocycles. The first-order chi connectivity index (χ1) is 7.00. The van der Waals surface area contributed by atoms with E-state index in [9.17, 15) is 4.79 Å². The number of esters is 1. The summed E-state index contributed by atoms with van der Waals surface area (Å²) in [6.07, 6.45) is 3.45. The Bertz CT molecular complexity index is 208. The molecule has 96 valence electrons. The van der Waals surface area contributed by atoms with Crippen LogP contribution in [0.5, 0.6) is 0 Å². The van der Waals surface area contributed by atoms with Crippen molar-refractivity contribution in [2.75, 3.05) is 19.7 Å². The molecule has 0 amide bonds. The molecule has 16 heavy (non-hydrogen) atoms. The van der Waals surface area contributed by atoms with Crippen molar-refractivity contribution in [2.45, 2.75) is 40.0 Å². The zero-order valence-corrected chi connectivity index (χ0v) is 11.4. The van der Waals surface area contributed by atoms with E-state index in [0.29, 0.717) is 6.61 Å². The zero-order valence-electron chi connectivity index (χ0n) is 10.5. The average Bonchev–Trinajstić information content (AvgIpc) is 2.18. The second-order valence-electron chi connectivity index (χ2n) is 5.37. The van der Waals surface area contributed by atoms with Crippen LogP contribution in [-0.2, 0) is 9.53 Å². The Hall–Kier alpha value is -0.280. The molecule has 0 saturated carbocycles. The Morgan fingerprint density at radius 3 is 2.38 bits per heavy atom. The molecular weight excluding hydrogens is 226 g/mol. The van der Waals surface area contributed by atoms with Crippen molar-refractivity contribution in [3.8, 4) is 0 Å². The number of hydrogen-bond acceptors (Lipinski definition) is 3. The Morgan fingerprint density at radius 1 is 1.31 bits per heavy atom. The Kier molecular flexibility index (Phi) is 7.00. The summed E-state index contributed by atoms with van der Waals surface area (Å²) in [6, 6.07) is 0. The molecule has 1 fully saturated rings. The summed E-state index contributed by atoms with van der Waals surface area (Å²) < 4.78 is 5.25. The van der Waals surface area contributed by atoms with Gasteiger partial charge in [-0.3, -0.25) is 4.79 Å². The molecule has 3 nitrogen and oxygen atoms in total. The van der Waals surface area contributed by atoms with Gasteiger partial charge >= 0.3 is 5.97 Å². The minimum atomic E-state index is -0.367. The van der Waals surface area contributed by atoms with E-state index in [-0.39, 0.29) is 23.8 Å². The lowest BCUT2D eigenvalue weighted by molar-refractivity contribution is -0.153. The van der Waals surface area contributed by atoms with E-state index < -0.39 is 0 Å². The molecule has 1 rings (SSSR count). The van der Waals surface area contributed by atoms with Crippen molar-refractivity contribution in [3.05, 3.63) is 0 Å². The first-order valence-corrected chi connectivity index (χ1v) is 5.88. The predicted octanol–water partition coefficient (Wildman–Crippen LogP) is 2.39. The number of piperidine rings is 1. The van der Waals surface area contributed by atoms with Crippen molar-refractivity contribution in [1.29, 1.82) is 0 Å². The van der Waals surface area contributed by atoms with Gasteiger partial charge in [-0.15, -0.1) is 12.4 Å². The first kappa shape index (κ1) is 15.7. The van der Waals surface area contributed by atoms with Crippen molar-refractivity contribution < 1.29 is 9.53 Å². The largest absolute Gasteiger partial charge is 0.465 e. The summed E-state index contributed by atoms with van der Waals surface area (Å²) in [5.74, 6) is 0.649. The third kappa shape index (κ3) is 5.71. The van der Waals surface area contributed by atoms with Crippen LogP contribution in [0.1, 0.15) is 40.0 Å². The standard InChI is InChI=1S/C12H23NO2.ClH/c1-12(2,3)11(14)15-9-6-10-4-7-13-8-5-10;/h10,13H,4-9H2,1-3H3;1H. The van der Waals surface area contributed by atoms with Gasteiger partial charge in [0.25, 0.3) is 0 Å². The third-order valence-corrected chi connectivity index (χ3v) is 2.83. The van der Waals surface area contributed by atoms with Crippen LogP contribution in [0.25, 0.3) is 0 Å². The average molecular weight is 250 g/mol. The van der Waals surface area contributed by atoms with E-state index in [2.05, 4.69) is 5.32 Å². The summed E-state index contributed by atoms with van der Waals surface area (Å²) in [5, 5.41) is 3.33. The quantitative estimate of drug-likeness (QED) is 0.781. The summed E-state index contributed by atoms with van der Waals surface area (Å²) in [5.41, 5.74) is -0.367. The van der Waals surface area contributed by atoms with Gasteiger partial charge in [-0.05, 0) is 59.0 Å². The van der Waals surface area contributed by atoms with Crippen LogP contribution in [0.2, 0.25) is 0 Å². The molecule has 0 aliphatic carbocycles. The minimum absolute atomic E-state index is 0. The molecule has 0 unspecified atom stereocenters. The van der Waals surface area contributed by atoms with Crippen molar-refractivity contribution in [2.24, 2.45) is 11.3 Å². The zero-order chi connectivity index (χ0) is 11.3. The molecule has 1 heterocycles. The SMILES string of the molecule is CC(C)(C)C(=O)OCCC1CCNCC1.Cl. The minimum Gasteiger partial charge on any atom is -0.465 e. The van der Waals surface area contributed by atoms with Crippen LogP contribution in [0.3, 0.4) is 0 Å². The monoisotopic (exact) mass is 249 g/mol. The maximum atomic E-state index is 11.5. The number of carbonyl (C=O) groups is 1. The van der Waals surface area contributed by atoms with Crippen molar-refractivity contribution in [1.82, 2.24) is 5.32 Å². The highest BCUT2D eigenvalue weighted by atomic mass is 35.5. The second-order valence-corrected chi connectivity index (χ2v) is 5.37. The highest BCUT2D eigenvalue weighted by Crippen LogP contribution is 2.18. The second kappa shape index (κ2) is 7.13. The number of ether oxygens (including phenoxy) is 1. The van der Waals surface area contributed by atoms with Crippen LogP contribution in [0.4, 0.5) is 0 Å². The maximum absolute atomic E-state index is 11.5. The molecule has 1 saturated heterocycles. The van der Waals surface area contributed by atoms with Gasteiger partial charge in [-0.2, -0.15) is 0 Å². The molecule has 0 bridgehead atoms. The van der Waals surface area contributed by atoms with Gasteiger partial charge in [0, 0.05) is 0 Å². The first-order valence-electron chi connectivity index (χ1n) is 5.88. The van der Waals surface area contributed by atoms with Crippen LogP contribution >= 0.6 is 12.4 Å². The van der Waals surface area contributed by atoms with E-state index in [1.165, 1.54) is 12.8 Å². The van der Waals surface area contributed by atoms with Crippen molar-refractivity contribution in [3.63, 3.8) is 0 Å².